The lowest BCUT2D eigenvalue weighted by Gasteiger charge is -2.14. The van der Waals surface area contributed by atoms with E-state index in [-0.39, 0.29) is 24.0 Å². The summed E-state index contributed by atoms with van der Waals surface area (Å²) < 4.78 is 10.9. The van der Waals surface area contributed by atoms with Gasteiger partial charge in [0.2, 0.25) is 0 Å². The minimum absolute atomic E-state index is 0. The molecular formula is C20H28IN3O2. The Morgan fingerprint density at radius 1 is 1.00 bits per heavy atom. The number of aryl methyl sites for hydroxylation is 1. The van der Waals surface area contributed by atoms with Gasteiger partial charge < -0.3 is 20.1 Å². The molecule has 0 spiro atoms. The second-order valence-electron chi connectivity index (χ2n) is 5.72. The summed E-state index contributed by atoms with van der Waals surface area (Å²) in [6.07, 6.45) is 0. The van der Waals surface area contributed by atoms with Crippen LogP contribution in [0, 0.1) is 6.92 Å². The van der Waals surface area contributed by atoms with E-state index in [2.05, 4.69) is 34.7 Å². The molecule has 0 aliphatic heterocycles. The Morgan fingerprint density at radius 3 is 2.35 bits per heavy atom. The van der Waals surface area contributed by atoms with Crippen LogP contribution in [0.3, 0.4) is 0 Å². The molecule has 0 unspecified atom stereocenters. The molecule has 2 N–H and O–H groups in total. The Balaban J connectivity index is 0.00000338. The van der Waals surface area contributed by atoms with E-state index < -0.39 is 0 Å². The van der Waals surface area contributed by atoms with Crippen LogP contribution in [0.15, 0.2) is 53.5 Å². The van der Waals surface area contributed by atoms with Gasteiger partial charge in [0, 0.05) is 20.7 Å². The van der Waals surface area contributed by atoms with Crippen LogP contribution in [-0.4, -0.2) is 33.3 Å². The molecule has 5 nitrogen and oxygen atoms in total. The Bertz CT molecular complexity index is 675. The van der Waals surface area contributed by atoms with Crippen molar-refractivity contribution in [1.29, 1.82) is 0 Å². The number of nitrogens with one attached hydrogen (secondary N) is 2. The zero-order valence-corrected chi connectivity index (χ0v) is 17.9. The average Bonchev–Trinajstić information content (AvgIpc) is 2.64. The van der Waals surface area contributed by atoms with Crippen LogP contribution in [0.2, 0.25) is 0 Å². The highest BCUT2D eigenvalue weighted by Crippen LogP contribution is 2.11. The number of benzene rings is 2. The summed E-state index contributed by atoms with van der Waals surface area (Å²) in [5, 5.41) is 6.57. The second kappa shape index (κ2) is 12.5. The molecule has 2 aromatic carbocycles. The number of rotatable bonds is 8. The van der Waals surface area contributed by atoms with Crippen molar-refractivity contribution in [3.05, 3.63) is 65.2 Å². The maximum atomic E-state index is 5.71. The Kier molecular flexibility index (Phi) is 10.7. The maximum absolute atomic E-state index is 5.71. The summed E-state index contributed by atoms with van der Waals surface area (Å²) in [5.74, 6) is 1.63. The van der Waals surface area contributed by atoms with Crippen LogP contribution in [0.4, 0.5) is 0 Å². The van der Waals surface area contributed by atoms with Gasteiger partial charge in [0.25, 0.3) is 0 Å². The van der Waals surface area contributed by atoms with E-state index in [1.165, 1.54) is 16.7 Å². The predicted molar refractivity (Wildman–Crippen MR) is 117 cm³/mol. The van der Waals surface area contributed by atoms with Crippen LogP contribution in [0.1, 0.15) is 16.7 Å². The SMILES string of the molecule is CN=C(NCCOc1ccc(C)cc1)NCc1ccccc1COC.I. The Morgan fingerprint density at radius 2 is 1.69 bits per heavy atom. The third-order valence-corrected chi connectivity index (χ3v) is 3.77. The molecular weight excluding hydrogens is 441 g/mol. The van der Waals surface area contributed by atoms with Crippen molar-refractivity contribution >= 4 is 29.9 Å². The van der Waals surface area contributed by atoms with Gasteiger partial charge in [-0.3, -0.25) is 4.99 Å². The molecule has 26 heavy (non-hydrogen) atoms. The van der Waals surface area contributed by atoms with Crippen LogP contribution in [0.5, 0.6) is 5.75 Å². The first-order chi connectivity index (χ1) is 12.2. The van der Waals surface area contributed by atoms with Crippen molar-refractivity contribution in [2.75, 3.05) is 27.3 Å². The van der Waals surface area contributed by atoms with Gasteiger partial charge in [-0.1, -0.05) is 42.0 Å². The lowest BCUT2D eigenvalue weighted by Crippen LogP contribution is -2.39. The quantitative estimate of drug-likeness (QED) is 0.269. The van der Waals surface area contributed by atoms with Crippen LogP contribution in [-0.2, 0) is 17.9 Å². The summed E-state index contributed by atoms with van der Waals surface area (Å²) in [7, 11) is 3.47. The minimum Gasteiger partial charge on any atom is -0.492 e. The molecule has 0 aliphatic rings. The normalized spacial score (nSPS) is 10.8. The number of halogens is 1. The van der Waals surface area contributed by atoms with Crippen LogP contribution >= 0.6 is 24.0 Å². The number of methoxy groups -OCH3 is 1. The summed E-state index contributed by atoms with van der Waals surface area (Å²) >= 11 is 0. The highest BCUT2D eigenvalue weighted by molar-refractivity contribution is 14.0. The summed E-state index contributed by atoms with van der Waals surface area (Å²) in [5.41, 5.74) is 3.60. The van der Waals surface area contributed by atoms with Gasteiger partial charge in [0.05, 0.1) is 13.2 Å². The van der Waals surface area contributed by atoms with Gasteiger partial charge in [0.15, 0.2) is 5.96 Å². The number of nitrogens with zero attached hydrogens (tertiary/aromatic N) is 1. The van der Waals surface area contributed by atoms with Crippen molar-refractivity contribution in [3.63, 3.8) is 0 Å². The third kappa shape index (κ3) is 7.61. The molecule has 0 saturated carbocycles. The smallest absolute Gasteiger partial charge is 0.191 e. The number of ether oxygens (including phenoxy) is 2. The first kappa shape index (κ1) is 22.2. The van der Waals surface area contributed by atoms with E-state index in [1.54, 1.807) is 14.2 Å². The van der Waals surface area contributed by atoms with Gasteiger partial charge in [-0.05, 0) is 30.2 Å². The standard InChI is InChI=1S/C20H27N3O2.HI/c1-16-8-10-19(11-9-16)25-13-12-22-20(21-2)23-14-17-6-4-5-7-18(17)15-24-3;/h4-11H,12-15H2,1-3H3,(H2,21,22,23);1H. The van der Waals surface area contributed by atoms with Crippen molar-refractivity contribution in [1.82, 2.24) is 10.6 Å². The van der Waals surface area contributed by atoms with E-state index in [9.17, 15) is 0 Å². The number of hydrogen-bond acceptors (Lipinski definition) is 3. The molecule has 0 atom stereocenters. The molecule has 142 valence electrons. The van der Waals surface area contributed by atoms with E-state index in [0.717, 1.165) is 11.7 Å². The minimum atomic E-state index is 0. The van der Waals surface area contributed by atoms with Gasteiger partial charge in [-0.2, -0.15) is 0 Å². The van der Waals surface area contributed by atoms with Gasteiger partial charge in [0.1, 0.15) is 12.4 Å². The Hall–Kier alpha value is -1.80. The monoisotopic (exact) mass is 469 g/mol. The van der Waals surface area contributed by atoms with Crippen LogP contribution in [0.25, 0.3) is 0 Å². The highest BCUT2D eigenvalue weighted by Gasteiger charge is 2.03. The second-order valence-corrected chi connectivity index (χ2v) is 5.72. The predicted octanol–water partition coefficient (Wildman–Crippen LogP) is 3.50. The van der Waals surface area contributed by atoms with Crippen molar-refractivity contribution < 1.29 is 9.47 Å². The fourth-order valence-electron chi connectivity index (χ4n) is 2.40. The molecule has 0 radical (unpaired) electrons. The summed E-state index contributed by atoms with van der Waals surface area (Å²) in [6, 6.07) is 16.3. The first-order valence-electron chi connectivity index (χ1n) is 8.42. The first-order valence-corrected chi connectivity index (χ1v) is 8.42. The lowest BCUT2D eigenvalue weighted by molar-refractivity contribution is 0.184. The van der Waals surface area contributed by atoms with Gasteiger partial charge >= 0.3 is 0 Å². The lowest BCUT2D eigenvalue weighted by atomic mass is 10.1. The molecule has 0 heterocycles. The fraction of sp³-hybridized carbons (Fsp3) is 0.350. The summed E-state index contributed by atoms with van der Waals surface area (Å²) in [6.45, 7) is 4.61. The van der Waals surface area contributed by atoms with Crippen molar-refractivity contribution in [2.45, 2.75) is 20.1 Å². The zero-order valence-electron chi connectivity index (χ0n) is 15.6. The van der Waals surface area contributed by atoms with Gasteiger partial charge in [-0.25, -0.2) is 0 Å². The molecule has 0 amide bonds. The fourth-order valence-corrected chi connectivity index (χ4v) is 2.40. The molecule has 0 aliphatic carbocycles. The molecule has 0 bridgehead atoms. The van der Waals surface area contributed by atoms with Crippen LogP contribution < -0.4 is 15.4 Å². The number of aliphatic imine (C=N–C) groups is 1. The average molecular weight is 469 g/mol. The third-order valence-electron chi connectivity index (χ3n) is 3.77. The molecule has 0 fully saturated rings. The zero-order chi connectivity index (χ0) is 17.9. The number of guanidine groups is 1. The molecule has 2 aromatic rings. The molecule has 0 saturated heterocycles. The topological polar surface area (TPSA) is 54.9 Å². The molecule has 6 heteroatoms. The van der Waals surface area contributed by atoms with Gasteiger partial charge in [-0.15, -0.1) is 24.0 Å². The number of hydrogen-bond donors (Lipinski definition) is 2. The van der Waals surface area contributed by atoms with Crippen molar-refractivity contribution in [3.8, 4) is 5.75 Å². The largest absolute Gasteiger partial charge is 0.492 e. The highest BCUT2D eigenvalue weighted by atomic mass is 127. The van der Waals surface area contributed by atoms with E-state index >= 15 is 0 Å². The molecule has 2 rings (SSSR count). The summed E-state index contributed by atoms with van der Waals surface area (Å²) in [4.78, 5) is 4.24. The maximum Gasteiger partial charge on any atom is 0.191 e. The van der Waals surface area contributed by atoms with E-state index in [4.69, 9.17) is 9.47 Å². The molecule has 0 aromatic heterocycles. The Labute approximate surface area is 173 Å². The van der Waals surface area contributed by atoms with Crippen molar-refractivity contribution in [2.24, 2.45) is 4.99 Å². The van der Waals surface area contributed by atoms with E-state index in [1.807, 2.05) is 36.4 Å². The van der Waals surface area contributed by atoms with E-state index in [0.29, 0.717) is 26.3 Å².